The Bertz CT molecular complexity index is 1330. The van der Waals surface area contributed by atoms with E-state index >= 15 is 0 Å². The zero-order chi connectivity index (χ0) is 29.2. The Morgan fingerprint density at radius 1 is 1.13 bits per heavy atom. The second kappa shape index (κ2) is 11.5. The summed E-state index contributed by atoms with van der Waals surface area (Å²) in [4.78, 5) is 39.0. The van der Waals surface area contributed by atoms with Crippen LogP contribution in [0.25, 0.3) is 0 Å². The number of ether oxygens (including phenoxy) is 4. The van der Waals surface area contributed by atoms with Gasteiger partial charge >= 0.3 is 11.9 Å². The molecule has 1 aromatic heterocycles. The van der Waals surface area contributed by atoms with E-state index in [1.807, 2.05) is 20.8 Å². The number of aromatic nitrogens is 2. The number of hydrogen-bond acceptors (Lipinski definition) is 7. The van der Waals surface area contributed by atoms with Crippen molar-refractivity contribution in [2.45, 2.75) is 77.0 Å². The molecule has 1 fully saturated rings. The van der Waals surface area contributed by atoms with Crippen molar-refractivity contribution in [2.24, 2.45) is 0 Å². The van der Waals surface area contributed by atoms with Gasteiger partial charge in [-0.1, -0.05) is 24.1 Å². The molecule has 12 heteroatoms. The normalized spacial score (nSPS) is 20.1. The van der Waals surface area contributed by atoms with E-state index in [0.717, 1.165) is 0 Å². The summed E-state index contributed by atoms with van der Waals surface area (Å²) in [6, 6.07) is 7.04. The topological polar surface area (TPSA) is 98.0 Å². The summed E-state index contributed by atoms with van der Waals surface area (Å²) in [5.74, 6) is 0.0449. The molecule has 3 atom stereocenters. The number of rotatable bonds is 8. The Kier molecular flexibility index (Phi) is 8.92. The van der Waals surface area contributed by atoms with E-state index in [1.54, 1.807) is 19.9 Å². The predicted octanol–water partition coefficient (Wildman–Crippen LogP) is 3.59. The first-order chi connectivity index (χ1) is 18.0. The number of nitrogens with zero attached hydrogens (tertiary/aromatic N) is 2. The molecule has 212 valence electrons. The largest absolute Gasteiger partial charge is 0.423 e. The van der Waals surface area contributed by atoms with E-state index < -0.39 is 58.7 Å². The van der Waals surface area contributed by atoms with Gasteiger partial charge in [-0.3, -0.25) is 14.2 Å². The van der Waals surface area contributed by atoms with Crippen LogP contribution in [0.1, 0.15) is 63.2 Å². The van der Waals surface area contributed by atoms with E-state index in [0.29, 0.717) is 10.8 Å². The third-order valence-corrected chi connectivity index (χ3v) is 5.66. The van der Waals surface area contributed by atoms with Crippen molar-refractivity contribution >= 4 is 5.91 Å². The van der Waals surface area contributed by atoms with Gasteiger partial charge in [0.2, 0.25) is 0 Å². The van der Waals surface area contributed by atoms with Gasteiger partial charge in [0.15, 0.2) is 5.79 Å². The van der Waals surface area contributed by atoms with Crippen molar-refractivity contribution in [3.63, 3.8) is 0 Å². The summed E-state index contributed by atoms with van der Waals surface area (Å²) < 4.78 is 65.3. The molecule has 1 aromatic carbocycles. The quantitative estimate of drug-likeness (QED) is 0.365. The van der Waals surface area contributed by atoms with Gasteiger partial charge in [0.05, 0.1) is 18.3 Å². The van der Waals surface area contributed by atoms with E-state index in [4.69, 9.17) is 25.4 Å². The van der Waals surface area contributed by atoms with Gasteiger partial charge in [0.1, 0.15) is 24.5 Å². The van der Waals surface area contributed by atoms with Crippen molar-refractivity contribution < 1.29 is 36.9 Å². The zero-order valence-corrected chi connectivity index (χ0v) is 22.3. The maximum Gasteiger partial charge on any atom is 0.423 e. The van der Waals surface area contributed by atoms with Crippen LogP contribution in [0.15, 0.2) is 46.1 Å². The highest BCUT2D eigenvalue weighted by Gasteiger charge is 2.42. The lowest BCUT2D eigenvalue weighted by Gasteiger charge is -2.34. The van der Waals surface area contributed by atoms with Crippen molar-refractivity contribution in [3.8, 4) is 12.3 Å². The molecule has 0 aliphatic carbocycles. The maximum absolute atomic E-state index is 13.8. The van der Waals surface area contributed by atoms with Gasteiger partial charge in [-0.15, -0.1) is 6.42 Å². The molecule has 39 heavy (non-hydrogen) atoms. The smallest absolute Gasteiger partial charge is 0.363 e. The zero-order valence-electron chi connectivity index (χ0n) is 22.3. The van der Waals surface area contributed by atoms with Crippen LogP contribution in [0, 0.1) is 12.3 Å². The minimum absolute atomic E-state index is 0.0388. The van der Waals surface area contributed by atoms with Gasteiger partial charge in [0.25, 0.3) is 11.5 Å². The highest BCUT2D eigenvalue weighted by Crippen LogP contribution is 2.33. The fraction of sp³-hybridized carbons (Fsp3) is 0.519. The average molecular weight is 553 g/mol. The van der Waals surface area contributed by atoms with Crippen molar-refractivity contribution in [1.82, 2.24) is 9.13 Å². The monoisotopic (exact) mass is 552 g/mol. The molecule has 3 rings (SSSR count). The van der Waals surface area contributed by atoms with Crippen LogP contribution < -0.4 is 11.2 Å². The Balaban J connectivity index is 2.01. The number of carbonyl (C=O) groups excluding carboxylic acids is 1. The molecule has 0 saturated carbocycles. The molecule has 0 spiro atoms. The number of benzene rings is 1. The first kappa shape index (κ1) is 30.3. The summed E-state index contributed by atoms with van der Waals surface area (Å²) in [6.07, 6.45) is -2.56. The van der Waals surface area contributed by atoms with Crippen LogP contribution >= 0.6 is 0 Å². The van der Waals surface area contributed by atoms with E-state index in [9.17, 15) is 27.6 Å². The summed E-state index contributed by atoms with van der Waals surface area (Å²) in [5.41, 5.74) is -5.45. The molecule has 0 N–H and O–H groups in total. The molecule has 0 bridgehead atoms. The van der Waals surface area contributed by atoms with Gasteiger partial charge in [-0.05, 0) is 46.8 Å². The van der Waals surface area contributed by atoms with E-state index in [-0.39, 0.29) is 29.8 Å². The van der Waals surface area contributed by atoms with E-state index in [2.05, 4.69) is 5.92 Å². The van der Waals surface area contributed by atoms with Gasteiger partial charge in [-0.2, -0.15) is 17.7 Å². The predicted molar refractivity (Wildman–Crippen MR) is 134 cm³/mol. The van der Waals surface area contributed by atoms with Crippen molar-refractivity contribution in [2.75, 3.05) is 13.2 Å². The lowest BCUT2D eigenvalue weighted by atomic mass is 10.1. The van der Waals surface area contributed by atoms with Crippen molar-refractivity contribution in [3.05, 3.63) is 68.5 Å². The van der Waals surface area contributed by atoms with Crippen LogP contribution in [0.5, 0.6) is 0 Å². The van der Waals surface area contributed by atoms with Crippen LogP contribution in [-0.2, 0) is 25.1 Å². The fourth-order valence-corrected chi connectivity index (χ4v) is 4.26. The number of carbonyl (C=O) groups is 1. The molecule has 9 nitrogen and oxygen atoms in total. The maximum atomic E-state index is 13.8. The fourth-order valence-electron chi connectivity index (χ4n) is 4.26. The molecular weight excluding hydrogens is 521 g/mol. The Hall–Kier alpha value is -3.24. The SMILES string of the molecule is C#CCO[C@H]1C[C@H](n2cc(C(F)(F)F)c(=O)n(C(=O)c3ccccc3)c2=O)O[C@@H]1COC(C)(C)OC(C)(C)C. The second-order valence-corrected chi connectivity index (χ2v) is 10.4. The molecule has 1 aliphatic rings. The molecule has 1 aliphatic heterocycles. The molecule has 1 saturated heterocycles. The molecule has 0 amide bonds. The summed E-state index contributed by atoms with van der Waals surface area (Å²) >= 11 is 0. The van der Waals surface area contributed by atoms with Gasteiger partial charge in [0, 0.05) is 18.2 Å². The van der Waals surface area contributed by atoms with Crippen LogP contribution in [-0.4, -0.2) is 51.9 Å². The lowest BCUT2D eigenvalue weighted by Crippen LogP contribution is -2.47. The molecule has 2 aromatic rings. The molecular formula is C27H31F3N2O7. The first-order valence-corrected chi connectivity index (χ1v) is 12.1. The van der Waals surface area contributed by atoms with Crippen LogP contribution in [0.4, 0.5) is 13.2 Å². The highest BCUT2D eigenvalue weighted by molar-refractivity contribution is 5.95. The number of halogens is 3. The first-order valence-electron chi connectivity index (χ1n) is 12.1. The second-order valence-electron chi connectivity index (χ2n) is 10.4. The minimum atomic E-state index is -5.15. The summed E-state index contributed by atoms with van der Waals surface area (Å²) in [7, 11) is 0. The number of alkyl halides is 3. The molecule has 2 heterocycles. The van der Waals surface area contributed by atoms with E-state index in [1.165, 1.54) is 24.3 Å². The average Bonchev–Trinajstić information content (AvgIpc) is 3.22. The Morgan fingerprint density at radius 2 is 1.77 bits per heavy atom. The Labute approximate surface area is 223 Å². The molecule has 0 radical (unpaired) electrons. The lowest BCUT2D eigenvalue weighted by molar-refractivity contribution is -0.269. The van der Waals surface area contributed by atoms with Crippen LogP contribution in [0.2, 0.25) is 0 Å². The standard InChI is InChI=1S/C27H31F3N2O7/c1-7-13-36-19-14-21(38-20(19)16-37-26(5,6)39-25(2,3)4)31-15-18(27(28,29)30)23(34)32(24(31)35)22(33)17-11-9-8-10-12-17/h1,8-12,15,19-21H,13-14,16H2,2-6H3/t19-,20+,21+/m0/s1. The highest BCUT2D eigenvalue weighted by atomic mass is 19.4. The number of terminal acetylenes is 1. The summed E-state index contributed by atoms with van der Waals surface area (Å²) in [6.45, 7) is 8.66. The van der Waals surface area contributed by atoms with Gasteiger partial charge in [-0.25, -0.2) is 4.79 Å². The third-order valence-electron chi connectivity index (χ3n) is 5.66. The minimum Gasteiger partial charge on any atom is -0.363 e. The third kappa shape index (κ3) is 7.45. The van der Waals surface area contributed by atoms with Crippen LogP contribution in [0.3, 0.4) is 0 Å². The number of hydrogen-bond donors (Lipinski definition) is 0. The Morgan fingerprint density at radius 3 is 2.33 bits per heavy atom. The summed E-state index contributed by atoms with van der Waals surface area (Å²) in [5, 5.41) is 0. The van der Waals surface area contributed by atoms with Gasteiger partial charge < -0.3 is 18.9 Å². The van der Waals surface area contributed by atoms with Crippen molar-refractivity contribution in [1.29, 1.82) is 0 Å². The molecule has 0 unspecified atom stereocenters.